The summed E-state index contributed by atoms with van der Waals surface area (Å²) in [6.45, 7) is 0. The number of nitrogens with zero attached hydrogens (tertiary/aromatic N) is 3. The average molecular weight is 323 g/mol. The molecule has 1 aliphatic carbocycles. The minimum absolute atomic E-state index is 0.189. The van der Waals surface area contributed by atoms with E-state index in [9.17, 15) is 14.4 Å². The van der Waals surface area contributed by atoms with Gasteiger partial charge in [-0.05, 0) is 12.3 Å². The fraction of sp³-hybridized carbons (Fsp3) is 0.750. The molecule has 23 heavy (non-hydrogen) atoms. The van der Waals surface area contributed by atoms with Crippen LogP contribution in [0.3, 0.4) is 0 Å². The summed E-state index contributed by atoms with van der Waals surface area (Å²) in [7, 11) is 3.27. The highest BCUT2D eigenvalue weighted by atomic mass is 16.4. The highest BCUT2D eigenvalue weighted by molar-refractivity contribution is 5.93. The molecule has 7 nitrogen and oxygen atoms in total. The number of rotatable bonds is 6. The lowest BCUT2D eigenvalue weighted by Gasteiger charge is -2.27. The lowest BCUT2D eigenvalue weighted by Crippen LogP contribution is -2.46. The number of amides is 2. The van der Waals surface area contributed by atoms with E-state index in [4.69, 9.17) is 5.11 Å². The normalized spacial score (nSPS) is 22.3. The second kappa shape index (κ2) is 7.57. The van der Waals surface area contributed by atoms with Crippen LogP contribution in [0.5, 0.6) is 0 Å². The molecule has 1 fully saturated rings. The number of hydrogen-bond acceptors (Lipinski definition) is 4. The lowest BCUT2D eigenvalue weighted by molar-refractivity contribution is -0.149. The molecule has 1 N–H and O–H groups in total. The van der Waals surface area contributed by atoms with Gasteiger partial charge in [0, 0.05) is 26.7 Å². The van der Waals surface area contributed by atoms with Gasteiger partial charge in [0.05, 0.1) is 12.3 Å². The predicted octanol–water partition coefficient (Wildman–Crippen LogP) is 1.33. The molecular weight excluding hydrogens is 298 g/mol. The second-order valence-electron chi connectivity index (χ2n) is 6.65. The van der Waals surface area contributed by atoms with Crippen molar-refractivity contribution in [3.05, 3.63) is 0 Å². The van der Waals surface area contributed by atoms with Gasteiger partial charge in [-0.15, -0.1) is 0 Å². The zero-order chi connectivity index (χ0) is 17.0. The van der Waals surface area contributed by atoms with E-state index in [0.717, 1.165) is 25.7 Å². The Labute approximate surface area is 136 Å². The Bertz CT molecular complexity index is 498. The van der Waals surface area contributed by atoms with Crippen LogP contribution in [0.4, 0.5) is 0 Å². The fourth-order valence-electron chi connectivity index (χ4n) is 3.45. The SMILES string of the molecule is CN(C)C(=O)C1CC=NN1C(=O)[C@@H](CC(=O)O)CC1CCCC1. The van der Waals surface area contributed by atoms with E-state index in [1.165, 1.54) is 9.91 Å². The van der Waals surface area contributed by atoms with Crippen molar-refractivity contribution >= 4 is 24.0 Å². The van der Waals surface area contributed by atoms with E-state index in [1.54, 1.807) is 20.3 Å². The molecule has 2 aliphatic rings. The van der Waals surface area contributed by atoms with E-state index < -0.39 is 17.9 Å². The quantitative estimate of drug-likeness (QED) is 0.798. The van der Waals surface area contributed by atoms with Crippen LogP contribution in [0, 0.1) is 11.8 Å². The molecule has 0 saturated heterocycles. The molecule has 2 amide bonds. The molecule has 7 heteroatoms. The van der Waals surface area contributed by atoms with Crippen molar-refractivity contribution in [2.24, 2.45) is 16.9 Å². The summed E-state index contributed by atoms with van der Waals surface area (Å²) < 4.78 is 0. The zero-order valence-electron chi connectivity index (χ0n) is 13.8. The lowest BCUT2D eigenvalue weighted by atomic mass is 9.90. The Balaban J connectivity index is 2.09. The van der Waals surface area contributed by atoms with Gasteiger partial charge in [-0.25, -0.2) is 5.01 Å². The summed E-state index contributed by atoms with van der Waals surface area (Å²) in [5, 5.41) is 14.4. The molecule has 0 aromatic heterocycles. The van der Waals surface area contributed by atoms with Gasteiger partial charge in [-0.1, -0.05) is 25.7 Å². The summed E-state index contributed by atoms with van der Waals surface area (Å²) in [5.74, 6) is -1.72. The minimum Gasteiger partial charge on any atom is -0.481 e. The molecule has 1 saturated carbocycles. The van der Waals surface area contributed by atoms with Gasteiger partial charge in [0.1, 0.15) is 6.04 Å². The monoisotopic (exact) mass is 323 g/mol. The van der Waals surface area contributed by atoms with E-state index in [1.807, 2.05) is 0 Å². The molecule has 0 aromatic rings. The van der Waals surface area contributed by atoms with E-state index >= 15 is 0 Å². The first kappa shape index (κ1) is 17.4. The highest BCUT2D eigenvalue weighted by Gasteiger charge is 2.38. The number of carbonyl (C=O) groups excluding carboxylic acids is 2. The van der Waals surface area contributed by atoms with Crippen LogP contribution in [-0.4, -0.2) is 59.2 Å². The number of hydrazone groups is 1. The molecule has 128 valence electrons. The zero-order valence-corrected chi connectivity index (χ0v) is 13.8. The first-order valence-electron chi connectivity index (χ1n) is 8.18. The molecule has 1 heterocycles. The van der Waals surface area contributed by atoms with Gasteiger partial charge in [0.15, 0.2) is 0 Å². The maximum Gasteiger partial charge on any atom is 0.304 e. The van der Waals surface area contributed by atoms with E-state index in [0.29, 0.717) is 18.8 Å². The standard InChI is InChI=1S/C16H25N3O4/c1-18(2)16(23)13-7-8-17-19(13)15(22)12(10-14(20)21)9-11-5-3-4-6-11/h8,11-13H,3-7,9-10H2,1-2H3,(H,20,21)/t12-,13?/m1/s1. The predicted molar refractivity (Wildman–Crippen MR) is 84.8 cm³/mol. The van der Waals surface area contributed by atoms with Gasteiger partial charge in [-0.3, -0.25) is 14.4 Å². The Morgan fingerprint density at radius 3 is 2.52 bits per heavy atom. The molecule has 0 spiro atoms. The number of aliphatic carboxylic acids is 1. The van der Waals surface area contributed by atoms with Crippen molar-refractivity contribution in [3.63, 3.8) is 0 Å². The van der Waals surface area contributed by atoms with Crippen LogP contribution >= 0.6 is 0 Å². The van der Waals surface area contributed by atoms with Gasteiger partial charge in [0.2, 0.25) is 11.8 Å². The number of carbonyl (C=O) groups is 3. The molecule has 2 atom stereocenters. The largest absolute Gasteiger partial charge is 0.481 e. The van der Waals surface area contributed by atoms with Crippen LogP contribution in [0.25, 0.3) is 0 Å². The maximum atomic E-state index is 12.8. The summed E-state index contributed by atoms with van der Waals surface area (Å²) in [6.07, 6.45) is 6.68. The maximum absolute atomic E-state index is 12.8. The molecule has 2 rings (SSSR count). The highest BCUT2D eigenvalue weighted by Crippen LogP contribution is 2.33. The molecule has 0 bridgehead atoms. The van der Waals surface area contributed by atoms with Crippen molar-refractivity contribution in [1.82, 2.24) is 9.91 Å². The van der Waals surface area contributed by atoms with Crippen molar-refractivity contribution in [2.45, 2.75) is 51.0 Å². The van der Waals surface area contributed by atoms with Gasteiger partial charge < -0.3 is 10.0 Å². The summed E-state index contributed by atoms with van der Waals surface area (Å²) in [4.78, 5) is 37.5. The Morgan fingerprint density at radius 2 is 1.96 bits per heavy atom. The summed E-state index contributed by atoms with van der Waals surface area (Å²) in [6, 6.07) is -0.641. The number of carboxylic acids is 1. The average Bonchev–Trinajstić information content (AvgIpc) is 3.15. The van der Waals surface area contributed by atoms with Crippen molar-refractivity contribution < 1.29 is 19.5 Å². The van der Waals surface area contributed by atoms with Gasteiger partial charge in [-0.2, -0.15) is 5.10 Å². The van der Waals surface area contributed by atoms with Crippen LogP contribution in [0.2, 0.25) is 0 Å². The van der Waals surface area contributed by atoms with Gasteiger partial charge in [0.25, 0.3) is 0 Å². The first-order chi connectivity index (χ1) is 10.9. The van der Waals surface area contributed by atoms with Crippen LogP contribution in [0.1, 0.15) is 44.9 Å². The third-order valence-corrected chi connectivity index (χ3v) is 4.64. The number of likely N-dealkylation sites (N-methyl/N-ethyl adjacent to an activating group) is 1. The summed E-state index contributed by atoms with van der Waals surface area (Å²) >= 11 is 0. The Hall–Kier alpha value is -1.92. The smallest absolute Gasteiger partial charge is 0.304 e. The van der Waals surface area contributed by atoms with Crippen molar-refractivity contribution in [1.29, 1.82) is 0 Å². The van der Waals surface area contributed by atoms with E-state index in [2.05, 4.69) is 5.10 Å². The van der Waals surface area contributed by atoms with Crippen molar-refractivity contribution in [2.75, 3.05) is 14.1 Å². The number of hydrogen-bond donors (Lipinski definition) is 1. The molecule has 1 unspecified atom stereocenters. The molecule has 0 radical (unpaired) electrons. The van der Waals surface area contributed by atoms with Crippen LogP contribution in [0.15, 0.2) is 5.10 Å². The fourth-order valence-corrected chi connectivity index (χ4v) is 3.45. The second-order valence-corrected chi connectivity index (χ2v) is 6.65. The third-order valence-electron chi connectivity index (χ3n) is 4.64. The topological polar surface area (TPSA) is 90.3 Å². The van der Waals surface area contributed by atoms with Crippen molar-refractivity contribution in [3.8, 4) is 0 Å². The Morgan fingerprint density at radius 1 is 1.30 bits per heavy atom. The molecule has 0 aromatic carbocycles. The van der Waals surface area contributed by atoms with Crippen LogP contribution in [-0.2, 0) is 14.4 Å². The van der Waals surface area contributed by atoms with E-state index in [-0.39, 0.29) is 18.2 Å². The number of carboxylic acid groups (broad SMARTS) is 1. The Kier molecular flexibility index (Phi) is 5.74. The third kappa shape index (κ3) is 4.30. The summed E-state index contributed by atoms with van der Waals surface area (Å²) in [5.41, 5.74) is 0. The molecule has 1 aliphatic heterocycles. The minimum atomic E-state index is -0.986. The first-order valence-corrected chi connectivity index (χ1v) is 8.18. The van der Waals surface area contributed by atoms with Crippen LogP contribution < -0.4 is 0 Å². The van der Waals surface area contributed by atoms with Gasteiger partial charge >= 0.3 is 5.97 Å². The molecular formula is C16H25N3O4.